The average molecular weight is 238 g/mol. The lowest BCUT2D eigenvalue weighted by Crippen LogP contribution is -2.37. The molecule has 1 heteroatoms. The Bertz CT molecular complexity index is 610. The van der Waals surface area contributed by atoms with E-state index in [2.05, 4.69) is 63.1 Å². The summed E-state index contributed by atoms with van der Waals surface area (Å²) in [4.78, 5) is 0. The van der Waals surface area contributed by atoms with Crippen LogP contribution in [0, 0.1) is 0 Å². The van der Waals surface area contributed by atoms with E-state index in [4.69, 9.17) is 0 Å². The summed E-state index contributed by atoms with van der Waals surface area (Å²) in [7, 11) is 4.64. The molecule has 2 aromatic rings. The lowest BCUT2D eigenvalue weighted by Gasteiger charge is -2.31. The predicted octanol–water partition coefficient (Wildman–Crippen LogP) is 4.05. The molecule has 0 saturated carbocycles. The van der Waals surface area contributed by atoms with Crippen molar-refractivity contribution in [3.05, 3.63) is 60.2 Å². The first-order valence-corrected chi connectivity index (χ1v) is 6.57. The highest BCUT2D eigenvalue weighted by Gasteiger charge is 2.38. The summed E-state index contributed by atoms with van der Waals surface area (Å²) >= 11 is 0. The predicted molar refractivity (Wildman–Crippen MR) is 77.3 cm³/mol. The van der Waals surface area contributed by atoms with Crippen LogP contribution in [0.5, 0.6) is 0 Å². The van der Waals surface area contributed by atoms with Gasteiger partial charge in [0.15, 0.2) is 0 Å². The van der Waals surface area contributed by atoms with E-state index in [1.54, 1.807) is 0 Å². The summed E-state index contributed by atoms with van der Waals surface area (Å²) in [6.07, 6.45) is 3.10. The second kappa shape index (κ2) is 3.96. The van der Waals surface area contributed by atoms with Crippen molar-refractivity contribution >= 4 is 10.8 Å². The van der Waals surface area contributed by atoms with Crippen molar-refractivity contribution in [2.75, 3.05) is 14.1 Å². The maximum Gasteiger partial charge on any atom is 0.118 e. The summed E-state index contributed by atoms with van der Waals surface area (Å²) in [6.45, 7) is 5.04. The number of nitrogens with zero attached hydrogens (tertiary/aromatic N) is 1. The van der Waals surface area contributed by atoms with Gasteiger partial charge in [0.2, 0.25) is 0 Å². The van der Waals surface area contributed by atoms with Crippen LogP contribution in [0.15, 0.2) is 49.1 Å². The number of rotatable bonds is 2. The molecular weight excluding hydrogens is 218 g/mol. The Morgan fingerprint density at radius 3 is 2.56 bits per heavy atom. The Morgan fingerprint density at radius 2 is 1.89 bits per heavy atom. The normalized spacial score (nSPS) is 20.9. The fourth-order valence-electron chi connectivity index (χ4n) is 3.25. The van der Waals surface area contributed by atoms with Crippen LogP contribution in [-0.2, 0) is 6.54 Å². The first-order chi connectivity index (χ1) is 8.62. The van der Waals surface area contributed by atoms with Crippen molar-refractivity contribution in [2.45, 2.75) is 19.0 Å². The number of benzene rings is 2. The summed E-state index contributed by atoms with van der Waals surface area (Å²) in [6, 6.07) is 14.0. The molecule has 0 spiro atoms. The van der Waals surface area contributed by atoms with Gasteiger partial charge in [0.25, 0.3) is 0 Å². The molecular formula is C17H20N+. The number of hydrogen-bond donors (Lipinski definition) is 0. The Labute approximate surface area is 109 Å². The van der Waals surface area contributed by atoms with Gasteiger partial charge < -0.3 is 4.48 Å². The quantitative estimate of drug-likeness (QED) is 0.547. The minimum Gasteiger partial charge on any atom is -0.318 e. The van der Waals surface area contributed by atoms with Gasteiger partial charge in [-0.05, 0) is 22.9 Å². The fraction of sp³-hybridized carbons (Fsp3) is 0.294. The van der Waals surface area contributed by atoms with E-state index in [-0.39, 0.29) is 0 Å². The number of hydrogen-bond acceptors (Lipinski definition) is 0. The van der Waals surface area contributed by atoms with Gasteiger partial charge in [-0.1, -0.05) is 30.3 Å². The topological polar surface area (TPSA) is 0 Å². The summed E-state index contributed by atoms with van der Waals surface area (Å²) in [5.74, 6) is 0. The van der Waals surface area contributed by atoms with E-state index in [9.17, 15) is 0 Å². The van der Waals surface area contributed by atoms with Gasteiger partial charge in [-0.25, -0.2) is 0 Å². The second-order valence-electron chi connectivity index (χ2n) is 5.88. The van der Waals surface area contributed by atoms with Gasteiger partial charge in [0.1, 0.15) is 12.6 Å². The zero-order valence-electron chi connectivity index (χ0n) is 11.2. The molecule has 0 radical (unpaired) electrons. The van der Waals surface area contributed by atoms with Crippen LogP contribution in [-0.4, -0.2) is 18.6 Å². The van der Waals surface area contributed by atoms with Crippen LogP contribution in [0.2, 0.25) is 0 Å². The molecule has 0 amide bonds. The molecule has 92 valence electrons. The van der Waals surface area contributed by atoms with Gasteiger partial charge in [-0.3, -0.25) is 0 Å². The van der Waals surface area contributed by atoms with Crippen molar-refractivity contribution in [1.82, 2.24) is 0 Å². The third-order valence-electron chi connectivity index (χ3n) is 4.18. The van der Waals surface area contributed by atoms with Crippen LogP contribution >= 0.6 is 0 Å². The molecule has 0 aliphatic carbocycles. The fourth-order valence-corrected chi connectivity index (χ4v) is 3.25. The van der Waals surface area contributed by atoms with Crippen LogP contribution in [0.3, 0.4) is 0 Å². The van der Waals surface area contributed by atoms with Crippen LogP contribution in [0.1, 0.15) is 23.6 Å². The number of quaternary nitrogens is 1. The summed E-state index contributed by atoms with van der Waals surface area (Å²) < 4.78 is 1.04. The van der Waals surface area contributed by atoms with E-state index in [0.29, 0.717) is 6.04 Å². The molecule has 0 saturated heterocycles. The molecule has 1 aliphatic rings. The van der Waals surface area contributed by atoms with Gasteiger partial charge in [-0.2, -0.15) is 0 Å². The Kier molecular flexibility index (Phi) is 2.53. The third kappa shape index (κ3) is 1.67. The highest BCUT2D eigenvalue weighted by molar-refractivity contribution is 5.84. The van der Waals surface area contributed by atoms with Gasteiger partial charge >= 0.3 is 0 Å². The first-order valence-electron chi connectivity index (χ1n) is 6.57. The Hall–Kier alpha value is -1.60. The maximum atomic E-state index is 3.91. The molecule has 2 aromatic carbocycles. The van der Waals surface area contributed by atoms with Crippen molar-refractivity contribution in [2.24, 2.45) is 0 Å². The lowest BCUT2D eigenvalue weighted by atomic mass is 9.97. The zero-order valence-corrected chi connectivity index (χ0v) is 11.2. The smallest absolute Gasteiger partial charge is 0.118 e. The molecule has 3 rings (SSSR count). The molecule has 1 heterocycles. The minimum atomic E-state index is 0.558. The summed E-state index contributed by atoms with van der Waals surface area (Å²) in [5.41, 5.74) is 3.02. The standard InChI is InChI=1S/C17H20N/c1-4-7-17-16-11-14-9-6-5-8-13(14)10-15(16)12-18(17,2)3/h4-6,8-11,17H,1,7,12H2,2-3H3/q+1/t17-/m0/s1. The molecule has 18 heavy (non-hydrogen) atoms. The highest BCUT2D eigenvalue weighted by Crippen LogP contribution is 2.41. The van der Waals surface area contributed by atoms with E-state index < -0.39 is 0 Å². The third-order valence-corrected chi connectivity index (χ3v) is 4.18. The van der Waals surface area contributed by atoms with Gasteiger partial charge in [-0.15, -0.1) is 6.58 Å². The molecule has 0 unspecified atom stereocenters. The van der Waals surface area contributed by atoms with E-state index in [1.165, 1.54) is 21.9 Å². The van der Waals surface area contributed by atoms with E-state index >= 15 is 0 Å². The van der Waals surface area contributed by atoms with Crippen molar-refractivity contribution in [3.8, 4) is 0 Å². The second-order valence-corrected chi connectivity index (χ2v) is 5.88. The van der Waals surface area contributed by atoms with E-state index in [1.807, 2.05) is 0 Å². The van der Waals surface area contributed by atoms with Gasteiger partial charge in [0.05, 0.1) is 14.1 Å². The Balaban J connectivity index is 2.19. The van der Waals surface area contributed by atoms with Crippen LogP contribution in [0.4, 0.5) is 0 Å². The average Bonchev–Trinajstić information content (AvgIpc) is 2.58. The molecule has 0 bridgehead atoms. The molecule has 1 nitrogen and oxygen atoms in total. The largest absolute Gasteiger partial charge is 0.318 e. The monoisotopic (exact) mass is 238 g/mol. The van der Waals surface area contributed by atoms with Crippen LogP contribution in [0.25, 0.3) is 10.8 Å². The SMILES string of the molecule is C=CC[C@H]1c2cc3ccccc3cc2C[N+]1(C)C. The lowest BCUT2D eigenvalue weighted by molar-refractivity contribution is -0.926. The molecule has 1 atom stereocenters. The highest BCUT2D eigenvalue weighted by atomic mass is 15.3. The maximum absolute atomic E-state index is 3.91. The van der Waals surface area contributed by atoms with Gasteiger partial charge in [0, 0.05) is 17.5 Å². The zero-order chi connectivity index (χ0) is 12.8. The van der Waals surface area contributed by atoms with Crippen molar-refractivity contribution in [3.63, 3.8) is 0 Å². The minimum absolute atomic E-state index is 0.558. The van der Waals surface area contributed by atoms with Crippen LogP contribution < -0.4 is 0 Å². The van der Waals surface area contributed by atoms with E-state index in [0.717, 1.165) is 17.4 Å². The number of fused-ring (bicyclic) bond motifs is 2. The molecule has 0 aromatic heterocycles. The molecule has 0 fully saturated rings. The summed E-state index contributed by atoms with van der Waals surface area (Å²) in [5, 5.41) is 2.71. The van der Waals surface area contributed by atoms with Crippen molar-refractivity contribution < 1.29 is 4.48 Å². The first kappa shape index (κ1) is 11.5. The van der Waals surface area contributed by atoms with Crippen molar-refractivity contribution in [1.29, 1.82) is 0 Å². The molecule has 0 N–H and O–H groups in total. The Morgan fingerprint density at radius 1 is 1.22 bits per heavy atom. The molecule has 1 aliphatic heterocycles.